The largest absolute Gasteiger partial charge is 0.348 e. The number of carbonyl (C=O) groups is 2. The van der Waals surface area contributed by atoms with Gasteiger partial charge in [0, 0.05) is 17.5 Å². The molecule has 0 aliphatic rings. The molecule has 1 heterocycles. The second-order valence-electron chi connectivity index (χ2n) is 4.96. The molecule has 0 fully saturated rings. The maximum Gasteiger partial charge on any atom is 0.315 e. The van der Waals surface area contributed by atoms with Gasteiger partial charge < -0.3 is 5.32 Å². The lowest BCUT2D eigenvalue weighted by Gasteiger charge is -2.06. The van der Waals surface area contributed by atoms with E-state index in [1.54, 1.807) is 0 Å². The molecule has 0 aliphatic carbocycles. The van der Waals surface area contributed by atoms with Crippen LogP contribution in [0.5, 0.6) is 0 Å². The van der Waals surface area contributed by atoms with Gasteiger partial charge in [-0.25, -0.2) is 4.98 Å². The first-order valence-corrected chi connectivity index (χ1v) is 7.54. The van der Waals surface area contributed by atoms with Crippen molar-refractivity contribution in [2.75, 3.05) is 11.9 Å². The molecule has 5 nitrogen and oxygen atoms in total. The fourth-order valence-electron chi connectivity index (χ4n) is 1.60. The number of rotatable bonds is 4. The van der Waals surface area contributed by atoms with Gasteiger partial charge in [0.05, 0.1) is 5.69 Å². The highest BCUT2D eigenvalue weighted by atomic mass is 32.1. The van der Waals surface area contributed by atoms with E-state index in [0.717, 1.165) is 11.3 Å². The minimum Gasteiger partial charge on any atom is -0.348 e. The van der Waals surface area contributed by atoms with E-state index in [1.807, 2.05) is 49.6 Å². The van der Waals surface area contributed by atoms with E-state index < -0.39 is 11.8 Å². The summed E-state index contributed by atoms with van der Waals surface area (Å²) in [5.41, 5.74) is 1.75. The molecule has 0 spiro atoms. The summed E-state index contributed by atoms with van der Waals surface area (Å²) in [6.07, 6.45) is 0. The second kappa shape index (κ2) is 6.99. The molecule has 0 bridgehead atoms. The van der Waals surface area contributed by atoms with Crippen molar-refractivity contribution in [2.45, 2.75) is 13.8 Å². The van der Waals surface area contributed by atoms with Crippen molar-refractivity contribution in [1.82, 2.24) is 10.3 Å². The van der Waals surface area contributed by atoms with E-state index in [2.05, 4.69) is 15.6 Å². The summed E-state index contributed by atoms with van der Waals surface area (Å²) in [6.45, 7) is 4.40. The van der Waals surface area contributed by atoms with Gasteiger partial charge in [-0.3, -0.25) is 14.9 Å². The number of hydrogen-bond acceptors (Lipinski definition) is 4. The van der Waals surface area contributed by atoms with Gasteiger partial charge in [-0.2, -0.15) is 0 Å². The molecule has 110 valence electrons. The molecule has 2 amide bonds. The van der Waals surface area contributed by atoms with Crippen molar-refractivity contribution < 1.29 is 9.59 Å². The lowest BCUT2D eigenvalue weighted by Crippen LogP contribution is -2.37. The molecule has 2 rings (SSSR count). The van der Waals surface area contributed by atoms with Crippen LogP contribution in [0.1, 0.15) is 13.8 Å². The first-order chi connectivity index (χ1) is 10.1. The molecule has 0 aliphatic heterocycles. The van der Waals surface area contributed by atoms with Crippen LogP contribution in [-0.4, -0.2) is 23.3 Å². The third-order valence-electron chi connectivity index (χ3n) is 2.67. The maximum absolute atomic E-state index is 11.7. The molecular weight excluding hydrogens is 286 g/mol. The first-order valence-electron chi connectivity index (χ1n) is 6.66. The molecule has 0 saturated heterocycles. The zero-order chi connectivity index (χ0) is 15.2. The van der Waals surface area contributed by atoms with Gasteiger partial charge in [-0.1, -0.05) is 44.2 Å². The van der Waals surface area contributed by atoms with Crippen LogP contribution in [0.2, 0.25) is 0 Å². The molecule has 6 heteroatoms. The smallest absolute Gasteiger partial charge is 0.315 e. The monoisotopic (exact) mass is 303 g/mol. The molecule has 0 unspecified atom stereocenters. The van der Waals surface area contributed by atoms with Crippen LogP contribution in [0.3, 0.4) is 0 Å². The molecule has 0 saturated carbocycles. The number of amides is 2. The van der Waals surface area contributed by atoms with Gasteiger partial charge in [0.25, 0.3) is 0 Å². The summed E-state index contributed by atoms with van der Waals surface area (Å²) in [6, 6.07) is 9.65. The summed E-state index contributed by atoms with van der Waals surface area (Å²) in [5, 5.41) is 7.34. The van der Waals surface area contributed by atoms with Crippen molar-refractivity contribution in [3.63, 3.8) is 0 Å². The second-order valence-corrected chi connectivity index (χ2v) is 5.82. The van der Waals surface area contributed by atoms with Crippen LogP contribution in [0.15, 0.2) is 35.7 Å². The molecule has 2 N–H and O–H groups in total. The lowest BCUT2D eigenvalue weighted by molar-refractivity contribution is -0.136. The molecule has 1 aromatic heterocycles. The van der Waals surface area contributed by atoms with Crippen LogP contribution >= 0.6 is 11.3 Å². The third kappa shape index (κ3) is 4.39. The average molecular weight is 303 g/mol. The Morgan fingerprint density at radius 2 is 1.90 bits per heavy atom. The summed E-state index contributed by atoms with van der Waals surface area (Å²) in [7, 11) is 0. The van der Waals surface area contributed by atoms with E-state index in [-0.39, 0.29) is 0 Å². The van der Waals surface area contributed by atoms with Gasteiger partial charge in [0.15, 0.2) is 5.13 Å². The number of aromatic nitrogens is 1. The zero-order valence-electron chi connectivity index (χ0n) is 11.9. The average Bonchev–Trinajstić information content (AvgIpc) is 2.94. The number of thiazole rings is 1. The third-order valence-corrected chi connectivity index (χ3v) is 3.43. The zero-order valence-corrected chi connectivity index (χ0v) is 12.7. The van der Waals surface area contributed by atoms with Crippen molar-refractivity contribution in [3.05, 3.63) is 35.7 Å². The predicted molar refractivity (Wildman–Crippen MR) is 84.0 cm³/mol. The number of hydrogen-bond donors (Lipinski definition) is 2. The number of nitrogens with zero attached hydrogens (tertiary/aromatic N) is 1. The highest BCUT2D eigenvalue weighted by molar-refractivity contribution is 7.14. The van der Waals surface area contributed by atoms with Crippen LogP contribution in [0.4, 0.5) is 5.13 Å². The van der Waals surface area contributed by atoms with Crippen LogP contribution in [0.25, 0.3) is 11.3 Å². The van der Waals surface area contributed by atoms with Crippen molar-refractivity contribution in [2.24, 2.45) is 5.92 Å². The minimum atomic E-state index is -0.690. The fraction of sp³-hybridized carbons (Fsp3) is 0.267. The Morgan fingerprint density at radius 1 is 1.19 bits per heavy atom. The molecule has 21 heavy (non-hydrogen) atoms. The topological polar surface area (TPSA) is 71.1 Å². The van der Waals surface area contributed by atoms with Gasteiger partial charge in [0.1, 0.15) is 0 Å². The quantitative estimate of drug-likeness (QED) is 0.853. The van der Waals surface area contributed by atoms with Crippen LogP contribution < -0.4 is 10.6 Å². The molecule has 0 atom stereocenters. The summed E-state index contributed by atoms with van der Waals surface area (Å²) >= 11 is 1.29. The Kier molecular flexibility index (Phi) is 5.05. The van der Waals surface area contributed by atoms with E-state index in [1.165, 1.54) is 11.3 Å². The Labute approximate surface area is 127 Å². The molecule has 2 aromatic rings. The summed E-state index contributed by atoms with van der Waals surface area (Å²) < 4.78 is 0. The fourth-order valence-corrected chi connectivity index (χ4v) is 2.32. The van der Waals surface area contributed by atoms with Gasteiger partial charge in [-0.15, -0.1) is 11.3 Å². The van der Waals surface area contributed by atoms with Crippen molar-refractivity contribution in [3.8, 4) is 11.3 Å². The van der Waals surface area contributed by atoms with E-state index in [4.69, 9.17) is 0 Å². The van der Waals surface area contributed by atoms with Gasteiger partial charge in [0.2, 0.25) is 0 Å². The standard InChI is InChI=1S/C15H17N3O2S/c1-10(2)8-16-13(19)14(20)18-15-17-12(9-21-15)11-6-4-3-5-7-11/h3-7,9-10H,8H2,1-2H3,(H,16,19)(H,17,18,20). The highest BCUT2D eigenvalue weighted by Crippen LogP contribution is 2.24. The molecular formula is C15H17N3O2S. The molecule has 0 radical (unpaired) electrons. The van der Waals surface area contributed by atoms with Crippen LogP contribution in [-0.2, 0) is 9.59 Å². The van der Waals surface area contributed by atoms with Gasteiger partial charge in [-0.05, 0) is 5.92 Å². The molecule has 1 aromatic carbocycles. The number of anilines is 1. The van der Waals surface area contributed by atoms with Crippen LogP contribution in [0, 0.1) is 5.92 Å². The Balaban J connectivity index is 1.96. The number of benzene rings is 1. The first kappa shape index (κ1) is 15.2. The van der Waals surface area contributed by atoms with Crippen molar-refractivity contribution in [1.29, 1.82) is 0 Å². The predicted octanol–water partition coefficient (Wildman–Crippen LogP) is 2.52. The highest BCUT2D eigenvalue weighted by Gasteiger charge is 2.15. The van der Waals surface area contributed by atoms with Crippen molar-refractivity contribution >= 4 is 28.3 Å². The maximum atomic E-state index is 11.7. The van der Waals surface area contributed by atoms with E-state index in [9.17, 15) is 9.59 Å². The number of carbonyl (C=O) groups excluding carboxylic acids is 2. The summed E-state index contributed by atoms with van der Waals surface area (Å²) in [5.74, 6) is -1.03. The normalized spacial score (nSPS) is 10.4. The van der Waals surface area contributed by atoms with E-state index in [0.29, 0.717) is 17.6 Å². The minimum absolute atomic E-state index is 0.297. The Bertz CT molecular complexity index is 623. The Morgan fingerprint density at radius 3 is 2.57 bits per heavy atom. The Hall–Kier alpha value is -2.21. The van der Waals surface area contributed by atoms with E-state index >= 15 is 0 Å². The number of nitrogens with one attached hydrogen (secondary N) is 2. The van der Waals surface area contributed by atoms with Gasteiger partial charge >= 0.3 is 11.8 Å². The summed E-state index contributed by atoms with van der Waals surface area (Å²) in [4.78, 5) is 27.6. The SMILES string of the molecule is CC(C)CNC(=O)C(=O)Nc1nc(-c2ccccc2)cs1. The lowest BCUT2D eigenvalue weighted by atomic mass is 10.2.